The van der Waals surface area contributed by atoms with E-state index in [1.54, 1.807) is 0 Å². The predicted molar refractivity (Wildman–Crippen MR) is 330 cm³/mol. The first kappa shape index (κ1) is 90.7. The van der Waals surface area contributed by atoms with Gasteiger partial charge in [-0.1, -0.05) is 0 Å². The summed E-state index contributed by atoms with van der Waals surface area (Å²) >= 11 is 0. The maximum Gasteiger partial charge on any atom is 0.237 e. The van der Waals surface area contributed by atoms with Gasteiger partial charge in [0.05, 0.1) is 97.4 Å². The van der Waals surface area contributed by atoms with Crippen LogP contribution < -0.4 is 16.4 Å². The molecule has 8 rings (SSSR count). The molecular formula is C59H103N3O46. The van der Waals surface area contributed by atoms with Gasteiger partial charge in [-0.2, -0.15) is 0 Å². The Bertz CT molecular complexity index is 2520. The van der Waals surface area contributed by atoms with E-state index in [4.69, 9.17) is 81.5 Å². The van der Waals surface area contributed by atoms with Crippen LogP contribution in [0.5, 0.6) is 0 Å². The van der Waals surface area contributed by atoms with E-state index in [1.807, 2.05) is 0 Å². The highest BCUT2D eigenvalue weighted by atomic mass is 16.8. The summed E-state index contributed by atoms with van der Waals surface area (Å²) in [6.07, 6.45) is -77.5. The van der Waals surface area contributed by atoms with E-state index in [-0.39, 0.29) is 0 Å². The SMILES string of the molecule is NC(CCC(=O)NC(CO[C@@H]1O[C@H](CO)[C@@H](O[C@@H]2O[C@H](CO)[C@H](O)[C@H](O)[C@H]2O)[C@H](O)[C@H]1O)CO[C@@H]1O[C@H](CO)[C@@H](O[C@@H]2O[C@H](CO)[C@H](O)[C@H](O)[C@H]2O)[C@H](O)[C@H]1O)C(=O)NC(CO[C@H]1O[C@@H](CO)[C@H](O[C@H]2O[C@@H](CO)[C@@H](O)[C@@H](O)[C@@H]2O)[C@@H](O)[C@@H]1O)CO[C@H]1O[C@@H](CO)[C@H](O[C@H]2O[C@@H](CO)[C@@H](O)[C@@H](O)[C@@H]2O)[C@@H](O)[C@@H]1O. The zero-order chi connectivity index (χ0) is 79.6. The quantitative estimate of drug-likeness (QED) is 0.0284. The molecule has 8 fully saturated rings. The lowest BCUT2D eigenvalue weighted by atomic mass is 9.97. The van der Waals surface area contributed by atoms with E-state index in [1.165, 1.54) is 0 Å². The fourth-order valence-electron chi connectivity index (χ4n) is 12.9. The van der Waals surface area contributed by atoms with Crippen molar-refractivity contribution >= 4 is 11.8 Å². The lowest BCUT2D eigenvalue weighted by Gasteiger charge is -2.46. The van der Waals surface area contributed by atoms with E-state index in [0.717, 1.165) is 0 Å². The Labute approximate surface area is 611 Å². The molecule has 630 valence electrons. The van der Waals surface area contributed by atoms with Crippen LogP contribution in [0.1, 0.15) is 12.8 Å². The fourth-order valence-corrected chi connectivity index (χ4v) is 12.9. The van der Waals surface area contributed by atoms with Crippen LogP contribution in [0.2, 0.25) is 0 Å². The number of nitrogens with two attached hydrogens (primary N) is 1. The summed E-state index contributed by atoms with van der Waals surface area (Å²) in [5, 5.41) is 300. The molecule has 8 aliphatic rings. The van der Waals surface area contributed by atoms with Crippen molar-refractivity contribution in [3.05, 3.63) is 0 Å². The first-order valence-electron chi connectivity index (χ1n) is 34.4. The van der Waals surface area contributed by atoms with Crippen molar-refractivity contribution in [1.29, 1.82) is 0 Å². The highest BCUT2D eigenvalue weighted by Crippen LogP contribution is 2.36. The Morgan fingerprint density at radius 2 is 0.481 bits per heavy atom. The van der Waals surface area contributed by atoms with Crippen molar-refractivity contribution < 1.29 is 228 Å². The normalized spacial score (nSPS) is 46.5. The molecular weight excluding hydrogens is 1490 g/mol. The number of hydrogen-bond acceptors (Lipinski definition) is 47. The number of aliphatic hydroxyl groups is 28. The standard InChI is InChI=1S/C59H103N3O46/c60-17(51(92)62-16(13-95-54-45(90)37(82)49(24(9-69)103-54)107-58-41(86)33(78)29(74)20(5-65)99-58)14-96-55-46(91)38(83)50(25(10-70)104-55)108-59-42(87)34(79)30(75)21(6-66)100-59)1-2-26(71)61-15(11-93-52-43(88)35(80)47(22(7-67)101-52)105-56-39(84)31(76)27(72)18(3-63)97-56)12-94-53-44(89)36(81)48(23(8-68)102-53)106-57-40(85)32(77)28(73)19(4-64)98-57/h15-25,27-50,52-59,63-70,72-91H,1-14,60H2,(H,61,71)(H,62,92)/t17?,18-,19-,20+,21+,22-,23-,24+,25+,27+,28+,29-,30-,31+,32+,33-,34-,35-,36-,37+,38+,39-,40-,41+,42+,43-,44-,45+,46+,47-,48-,49+,50+,52-,53-,54+,55+,56+,57+,58-,59-/m1/s1. The third-order valence-corrected chi connectivity index (χ3v) is 19.4. The average Bonchev–Trinajstić information content (AvgIpc) is 0.798. The van der Waals surface area contributed by atoms with Crippen LogP contribution in [-0.4, -0.2) is 498 Å². The molecule has 108 heavy (non-hydrogen) atoms. The molecule has 0 aromatic carbocycles. The molecule has 0 saturated carbocycles. The average molecular weight is 1590 g/mol. The van der Waals surface area contributed by atoms with Gasteiger partial charge in [-0.15, -0.1) is 0 Å². The highest BCUT2D eigenvalue weighted by Gasteiger charge is 2.57. The lowest BCUT2D eigenvalue weighted by Crippen LogP contribution is -2.65. The molecule has 0 bridgehead atoms. The van der Waals surface area contributed by atoms with Gasteiger partial charge in [0.25, 0.3) is 0 Å². The third-order valence-electron chi connectivity index (χ3n) is 19.4. The molecule has 0 aromatic heterocycles. The van der Waals surface area contributed by atoms with Crippen molar-refractivity contribution in [3.63, 3.8) is 0 Å². The van der Waals surface area contributed by atoms with Crippen LogP contribution in [0.4, 0.5) is 0 Å². The molecule has 49 nitrogen and oxygen atoms in total. The van der Waals surface area contributed by atoms with E-state index >= 15 is 0 Å². The molecule has 0 aliphatic carbocycles. The Morgan fingerprint density at radius 1 is 0.278 bits per heavy atom. The van der Waals surface area contributed by atoms with Crippen LogP contribution in [0.25, 0.3) is 0 Å². The number of amides is 2. The molecule has 49 heteroatoms. The van der Waals surface area contributed by atoms with Crippen LogP contribution in [0.3, 0.4) is 0 Å². The zero-order valence-corrected chi connectivity index (χ0v) is 57.2. The number of rotatable bonds is 34. The second-order valence-corrected chi connectivity index (χ2v) is 27.0. The minimum atomic E-state index is -2.17. The highest BCUT2D eigenvalue weighted by molar-refractivity contribution is 5.83. The Hall–Kier alpha value is -2.86. The van der Waals surface area contributed by atoms with Gasteiger partial charge in [-0.25, -0.2) is 0 Å². The first-order valence-corrected chi connectivity index (χ1v) is 34.4. The van der Waals surface area contributed by atoms with Crippen molar-refractivity contribution in [3.8, 4) is 0 Å². The largest absolute Gasteiger partial charge is 0.394 e. The molecule has 32 N–H and O–H groups in total. The molecule has 41 atom stereocenters. The minimum Gasteiger partial charge on any atom is -0.394 e. The lowest BCUT2D eigenvalue weighted by molar-refractivity contribution is -0.362. The van der Waals surface area contributed by atoms with E-state index in [9.17, 15) is 153 Å². The Balaban J connectivity index is 0.960. The van der Waals surface area contributed by atoms with E-state index < -0.39 is 368 Å². The maximum absolute atomic E-state index is 14.1. The summed E-state index contributed by atoms with van der Waals surface area (Å²) in [6.45, 7) is -11.2. The molecule has 1 unspecified atom stereocenters. The summed E-state index contributed by atoms with van der Waals surface area (Å²) in [7, 11) is 0. The van der Waals surface area contributed by atoms with Crippen LogP contribution in [0.15, 0.2) is 0 Å². The van der Waals surface area contributed by atoms with Crippen LogP contribution >= 0.6 is 0 Å². The van der Waals surface area contributed by atoms with Crippen molar-refractivity contribution in [1.82, 2.24) is 10.6 Å². The molecule has 8 heterocycles. The zero-order valence-electron chi connectivity index (χ0n) is 57.2. The van der Waals surface area contributed by atoms with Gasteiger partial charge >= 0.3 is 0 Å². The molecule has 8 saturated heterocycles. The van der Waals surface area contributed by atoms with Gasteiger partial charge in [0.1, 0.15) is 195 Å². The van der Waals surface area contributed by atoms with Gasteiger partial charge in [0.15, 0.2) is 50.3 Å². The Morgan fingerprint density at radius 3 is 0.704 bits per heavy atom. The molecule has 2 amide bonds. The first-order chi connectivity index (χ1) is 51.2. The van der Waals surface area contributed by atoms with Crippen molar-refractivity contribution in [2.45, 2.75) is 277 Å². The van der Waals surface area contributed by atoms with Gasteiger partial charge < -0.3 is 235 Å². The second-order valence-electron chi connectivity index (χ2n) is 27.0. The predicted octanol–water partition coefficient (Wildman–Crippen LogP) is -21.4. The fraction of sp³-hybridized carbons (Fsp3) is 0.966. The van der Waals surface area contributed by atoms with Gasteiger partial charge in [-0.05, 0) is 6.42 Å². The van der Waals surface area contributed by atoms with E-state index in [2.05, 4.69) is 10.6 Å². The van der Waals surface area contributed by atoms with E-state index in [0.29, 0.717) is 0 Å². The van der Waals surface area contributed by atoms with Crippen molar-refractivity contribution in [2.75, 3.05) is 79.3 Å². The van der Waals surface area contributed by atoms with Gasteiger partial charge in [0, 0.05) is 6.42 Å². The minimum absolute atomic E-state index is 0.606. The van der Waals surface area contributed by atoms with Crippen LogP contribution in [0, 0.1) is 0 Å². The summed E-state index contributed by atoms with van der Waals surface area (Å²) < 4.78 is 89.6. The van der Waals surface area contributed by atoms with Crippen molar-refractivity contribution in [2.24, 2.45) is 5.73 Å². The number of carbonyl (C=O) groups excluding carboxylic acids is 2. The smallest absolute Gasteiger partial charge is 0.237 e. The number of carbonyl (C=O) groups is 2. The number of hydrogen-bond donors (Lipinski definition) is 31. The number of nitrogens with one attached hydrogen (secondary N) is 2. The number of aliphatic hydroxyl groups excluding tert-OH is 28. The molecule has 0 aromatic rings. The summed E-state index contributed by atoms with van der Waals surface area (Å²) in [5.41, 5.74) is 6.32. The summed E-state index contributed by atoms with van der Waals surface area (Å²) in [4.78, 5) is 28.1. The van der Waals surface area contributed by atoms with Crippen LogP contribution in [-0.2, 0) is 85.4 Å². The van der Waals surface area contributed by atoms with Gasteiger partial charge in [0.2, 0.25) is 11.8 Å². The maximum atomic E-state index is 14.1. The summed E-state index contributed by atoms with van der Waals surface area (Å²) in [5.74, 6) is -2.16. The summed E-state index contributed by atoms with van der Waals surface area (Å²) in [6, 6.07) is -4.89. The second kappa shape index (κ2) is 41.1. The molecule has 8 aliphatic heterocycles. The molecule has 0 radical (unpaired) electrons. The molecule has 0 spiro atoms. The number of ether oxygens (including phenoxy) is 16. The third kappa shape index (κ3) is 21.0. The topological polar surface area (TPSA) is 798 Å². The Kier molecular flexibility index (Phi) is 34.5. The monoisotopic (exact) mass is 1590 g/mol. The van der Waals surface area contributed by atoms with Gasteiger partial charge in [-0.3, -0.25) is 9.59 Å².